The molecule has 0 amide bonds. The fraction of sp³-hybridized carbons (Fsp3) is 0.429. The van der Waals surface area contributed by atoms with Gasteiger partial charge < -0.3 is 5.11 Å². The van der Waals surface area contributed by atoms with Crippen LogP contribution >= 0.6 is 0 Å². The minimum atomic E-state index is 0.362. The van der Waals surface area contributed by atoms with Crippen LogP contribution in [0.25, 0.3) is 5.57 Å². The molecule has 0 radical (unpaired) electrons. The zero-order valence-corrected chi connectivity index (χ0v) is 9.51. The topological polar surface area (TPSA) is 20.2 Å². The maximum atomic E-state index is 9.37. The van der Waals surface area contributed by atoms with Crippen molar-refractivity contribution in [1.82, 2.24) is 0 Å². The molecule has 1 aromatic carbocycles. The van der Waals surface area contributed by atoms with Gasteiger partial charge in [0, 0.05) is 0 Å². The molecule has 1 aliphatic rings. The van der Waals surface area contributed by atoms with E-state index in [-0.39, 0.29) is 0 Å². The first kappa shape index (κ1) is 10.3. The van der Waals surface area contributed by atoms with E-state index in [4.69, 9.17) is 0 Å². The molecule has 0 aliphatic heterocycles. The second-order valence-electron chi connectivity index (χ2n) is 4.43. The van der Waals surface area contributed by atoms with E-state index in [1.165, 1.54) is 42.4 Å². The van der Waals surface area contributed by atoms with Gasteiger partial charge in [-0.15, -0.1) is 0 Å². The predicted octanol–water partition coefficient (Wildman–Crippen LogP) is 4.05. The summed E-state index contributed by atoms with van der Waals surface area (Å²) in [5.74, 6) is 0.362. The number of rotatable bonds is 1. The maximum Gasteiger partial charge on any atom is 0.115 e. The standard InChI is InChI=1S/C14H18O/c1-10-9-13(15)7-8-14(10)11(2)12-5-3-4-6-12/h7-9,15H,3-6H2,1-2H3. The number of allylic oxidation sites excluding steroid dienone is 2. The van der Waals surface area contributed by atoms with Gasteiger partial charge in [0.1, 0.15) is 5.75 Å². The summed E-state index contributed by atoms with van der Waals surface area (Å²) in [5.41, 5.74) is 5.49. The molecule has 0 saturated heterocycles. The molecule has 0 unspecified atom stereocenters. The summed E-state index contributed by atoms with van der Waals surface area (Å²) < 4.78 is 0. The highest BCUT2D eigenvalue weighted by Crippen LogP contribution is 2.33. The molecule has 0 aromatic heterocycles. The van der Waals surface area contributed by atoms with Gasteiger partial charge in [0.15, 0.2) is 0 Å². The van der Waals surface area contributed by atoms with Gasteiger partial charge in [0.2, 0.25) is 0 Å². The summed E-state index contributed by atoms with van der Waals surface area (Å²) in [4.78, 5) is 0. The van der Waals surface area contributed by atoms with Crippen LogP contribution in [0.4, 0.5) is 0 Å². The molecule has 0 spiro atoms. The Morgan fingerprint density at radius 2 is 1.87 bits per heavy atom. The first-order valence-electron chi connectivity index (χ1n) is 5.67. The molecular weight excluding hydrogens is 184 g/mol. The highest BCUT2D eigenvalue weighted by molar-refractivity contribution is 5.70. The summed E-state index contributed by atoms with van der Waals surface area (Å²) in [6, 6.07) is 5.65. The van der Waals surface area contributed by atoms with E-state index in [9.17, 15) is 5.11 Å². The second-order valence-corrected chi connectivity index (χ2v) is 4.43. The van der Waals surface area contributed by atoms with Crippen molar-refractivity contribution in [3.63, 3.8) is 0 Å². The normalized spacial score (nSPS) is 15.7. The van der Waals surface area contributed by atoms with Crippen molar-refractivity contribution in [3.8, 4) is 5.75 Å². The van der Waals surface area contributed by atoms with Crippen LogP contribution in [0.1, 0.15) is 43.7 Å². The molecule has 1 heteroatoms. The number of hydrogen-bond donors (Lipinski definition) is 1. The lowest BCUT2D eigenvalue weighted by Gasteiger charge is -2.10. The number of hydrogen-bond acceptors (Lipinski definition) is 1. The van der Waals surface area contributed by atoms with Gasteiger partial charge in [0.25, 0.3) is 0 Å². The molecule has 1 saturated carbocycles. The van der Waals surface area contributed by atoms with Gasteiger partial charge in [-0.25, -0.2) is 0 Å². The van der Waals surface area contributed by atoms with Crippen molar-refractivity contribution in [2.75, 3.05) is 0 Å². The lowest BCUT2D eigenvalue weighted by Crippen LogP contribution is -1.88. The van der Waals surface area contributed by atoms with Crippen LogP contribution in [-0.4, -0.2) is 5.11 Å². The Hall–Kier alpha value is -1.24. The predicted molar refractivity (Wildman–Crippen MR) is 63.9 cm³/mol. The summed E-state index contributed by atoms with van der Waals surface area (Å²) in [6.45, 7) is 4.27. The molecule has 1 aromatic rings. The number of phenolic OH excluding ortho intramolecular Hbond substituents is 1. The number of aromatic hydroxyl groups is 1. The highest BCUT2D eigenvalue weighted by atomic mass is 16.3. The van der Waals surface area contributed by atoms with Gasteiger partial charge in [-0.2, -0.15) is 0 Å². The Labute approximate surface area is 91.4 Å². The number of phenols is 1. The van der Waals surface area contributed by atoms with E-state index in [1.54, 1.807) is 11.6 Å². The van der Waals surface area contributed by atoms with E-state index in [0.717, 1.165) is 0 Å². The van der Waals surface area contributed by atoms with E-state index < -0.39 is 0 Å². The third-order valence-electron chi connectivity index (χ3n) is 3.35. The molecular formula is C14H18O. The van der Waals surface area contributed by atoms with E-state index in [1.807, 2.05) is 12.1 Å². The van der Waals surface area contributed by atoms with Crippen LogP contribution in [0.2, 0.25) is 0 Å². The monoisotopic (exact) mass is 202 g/mol. The average molecular weight is 202 g/mol. The first-order chi connectivity index (χ1) is 7.18. The largest absolute Gasteiger partial charge is 0.508 e. The zero-order valence-electron chi connectivity index (χ0n) is 9.51. The molecule has 0 heterocycles. The molecule has 1 aliphatic carbocycles. The maximum absolute atomic E-state index is 9.37. The van der Waals surface area contributed by atoms with Gasteiger partial charge in [0.05, 0.1) is 0 Å². The van der Waals surface area contributed by atoms with Crippen molar-refractivity contribution < 1.29 is 5.11 Å². The SMILES string of the molecule is CC(=C1CCCC1)c1ccc(O)cc1C. The number of benzene rings is 1. The van der Waals surface area contributed by atoms with Crippen molar-refractivity contribution in [1.29, 1.82) is 0 Å². The van der Waals surface area contributed by atoms with Gasteiger partial charge in [-0.3, -0.25) is 0 Å². The Bertz CT molecular complexity index is 394. The Morgan fingerprint density at radius 3 is 2.47 bits per heavy atom. The Balaban J connectivity index is 2.40. The lowest BCUT2D eigenvalue weighted by atomic mass is 9.96. The lowest BCUT2D eigenvalue weighted by molar-refractivity contribution is 0.475. The quantitative estimate of drug-likeness (QED) is 0.728. The van der Waals surface area contributed by atoms with Gasteiger partial charge in [-0.05, 0) is 68.4 Å². The minimum absolute atomic E-state index is 0.362. The summed E-state index contributed by atoms with van der Waals surface area (Å²) >= 11 is 0. The molecule has 0 atom stereocenters. The van der Waals surface area contributed by atoms with Crippen molar-refractivity contribution in [2.24, 2.45) is 0 Å². The van der Waals surface area contributed by atoms with Gasteiger partial charge >= 0.3 is 0 Å². The third kappa shape index (κ3) is 2.06. The summed E-state index contributed by atoms with van der Waals surface area (Å²) in [6.07, 6.45) is 5.19. The van der Waals surface area contributed by atoms with Gasteiger partial charge in [-0.1, -0.05) is 11.6 Å². The van der Waals surface area contributed by atoms with Crippen LogP contribution in [0.15, 0.2) is 23.8 Å². The number of aryl methyl sites for hydroxylation is 1. The molecule has 80 valence electrons. The molecule has 1 fully saturated rings. The molecule has 15 heavy (non-hydrogen) atoms. The Kier molecular flexibility index (Phi) is 2.81. The van der Waals surface area contributed by atoms with E-state index in [0.29, 0.717) is 5.75 Å². The highest BCUT2D eigenvalue weighted by Gasteiger charge is 2.12. The fourth-order valence-electron chi connectivity index (χ4n) is 2.44. The van der Waals surface area contributed by atoms with E-state index >= 15 is 0 Å². The average Bonchev–Trinajstić information content (AvgIpc) is 2.69. The van der Waals surface area contributed by atoms with Crippen molar-refractivity contribution in [2.45, 2.75) is 39.5 Å². The smallest absolute Gasteiger partial charge is 0.115 e. The molecule has 1 N–H and O–H groups in total. The first-order valence-corrected chi connectivity index (χ1v) is 5.67. The summed E-state index contributed by atoms with van der Waals surface area (Å²) in [5, 5.41) is 9.37. The van der Waals surface area contributed by atoms with Crippen LogP contribution in [-0.2, 0) is 0 Å². The van der Waals surface area contributed by atoms with Crippen LogP contribution in [0, 0.1) is 6.92 Å². The molecule has 2 rings (SSSR count). The van der Waals surface area contributed by atoms with Crippen molar-refractivity contribution in [3.05, 3.63) is 34.9 Å². The fourth-order valence-corrected chi connectivity index (χ4v) is 2.44. The van der Waals surface area contributed by atoms with Crippen LogP contribution in [0.3, 0.4) is 0 Å². The molecule has 0 bridgehead atoms. The van der Waals surface area contributed by atoms with Crippen molar-refractivity contribution >= 4 is 5.57 Å². The summed E-state index contributed by atoms with van der Waals surface area (Å²) in [7, 11) is 0. The van der Waals surface area contributed by atoms with Crippen LogP contribution in [0.5, 0.6) is 5.75 Å². The second kappa shape index (κ2) is 4.09. The Morgan fingerprint density at radius 1 is 1.20 bits per heavy atom. The minimum Gasteiger partial charge on any atom is -0.508 e. The zero-order chi connectivity index (χ0) is 10.8. The van der Waals surface area contributed by atoms with E-state index in [2.05, 4.69) is 13.8 Å². The third-order valence-corrected chi connectivity index (χ3v) is 3.35. The molecule has 1 nitrogen and oxygen atoms in total. The van der Waals surface area contributed by atoms with Crippen LogP contribution < -0.4 is 0 Å².